The number of hydrogen-bond donors (Lipinski definition) is 1. The van der Waals surface area contributed by atoms with Gasteiger partial charge in [-0.05, 0) is 36.8 Å². The molecule has 0 aliphatic heterocycles. The van der Waals surface area contributed by atoms with Gasteiger partial charge in [-0.15, -0.1) is 0 Å². The van der Waals surface area contributed by atoms with Gasteiger partial charge in [0.15, 0.2) is 0 Å². The van der Waals surface area contributed by atoms with E-state index in [1.54, 1.807) is 0 Å². The monoisotopic (exact) mass is 219 g/mol. The largest absolute Gasteiger partial charge is 0.330 e. The molecule has 0 aliphatic rings. The van der Waals surface area contributed by atoms with Crippen molar-refractivity contribution >= 4 is 0 Å². The summed E-state index contributed by atoms with van der Waals surface area (Å²) in [6.07, 6.45) is 5.01. The lowest BCUT2D eigenvalue weighted by Gasteiger charge is -2.23. The highest BCUT2D eigenvalue weighted by Crippen LogP contribution is 2.30. The second-order valence-corrected chi connectivity index (χ2v) is 4.65. The first-order chi connectivity index (χ1) is 7.79. The Morgan fingerprint density at radius 1 is 1.12 bits per heavy atom. The Morgan fingerprint density at radius 3 is 2.38 bits per heavy atom. The maximum absolute atomic E-state index is 5.54. The lowest BCUT2D eigenvalue weighted by Crippen LogP contribution is -2.10. The predicted octanol–water partition coefficient (Wildman–Crippen LogP) is 3.95. The summed E-state index contributed by atoms with van der Waals surface area (Å²) in [5.41, 5.74) is 7.02. The van der Waals surface area contributed by atoms with Crippen molar-refractivity contribution in [1.29, 1.82) is 0 Å². The van der Waals surface area contributed by atoms with Crippen molar-refractivity contribution in [3.05, 3.63) is 35.9 Å². The Morgan fingerprint density at radius 2 is 1.81 bits per heavy atom. The number of nitrogens with two attached hydrogens (primary N) is 1. The van der Waals surface area contributed by atoms with E-state index < -0.39 is 0 Å². The molecule has 2 N–H and O–H groups in total. The third kappa shape index (κ3) is 3.97. The highest BCUT2D eigenvalue weighted by molar-refractivity contribution is 5.19. The van der Waals surface area contributed by atoms with Crippen LogP contribution < -0.4 is 5.73 Å². The predicted molar refractivity (Wildman–Crippen MR) is 71.5 cm³/mol. The molecule has 0 spiro atoms. The zero-order valence-corrected chi connectivity index (χ0v) is 10.7. The third-order valence-electron chi connectivity index (χ3n) is 3.59. The number of rotatable bonds is 7. The van der Waals surface area contributed by atoms with Gasteiger partial charge in [-0.2, -0.15) is 0 Å². The van der Waals surface area contributed by atoms with Crippen LogP contribution in [0.5, 0.6) is 0 Å². The van der Waals surface area contributed by atoms with Gasteiger partial charge in [-0.1, -0.05) is 57.0 Å². The van der Waals surface area contributed by atoms with Gasteiger partial charge in [-0.3, -0.25) is 0 Å². The molecule has 0 heterocycles. The summed E-state index contributed by atoms with van der Waals surface area (Å²) < 4.78 is 0. The first-order valence-corrected chi connectivity index (χ1v) is 6.54. The summed E-state index contributed by atoms with van der Waals surface area (Å²) in [4.78, 5) is 0. The smallest absolute Gasteiger partial charge is 0.00773 e. The molecule has 1 aromatic rings. The Kier molecular flexibility index (Phi) is 6.17. The third-order valence-corrected chi connectivity index (χ3v) is 3.59. The standard InChI is InChI=1S/C15H25N/c1-3-14(9-7-8-12-16)13(2)15-10-5-4-6-11-15/h4-6,10-11,13-14H,3,7-9,12,16H2,1-2H3/t13-,14-/m0/s1. The number of unbranched alkanes of at least 4 members (excludes halogenated alkanes) is 1. The molecule has 16 heavy (non-hydrogen) atoms. The first kappa shape index (κ1) is 13.2. The fraction of sp³-hybridized carbons (Fsp3) is 0.600. The second kappa shape index (κ2) is 7.45. The van der Waals surface area contributed by atoms with E-state index in [4.69, 9.17) is 5.73 Å². The van der Waals surface area contributed by atoms with E-state index in [1.807, 2.05) is 0 Å². The highest BCUT2D eigenvalue weighted by Gasteiger charge is 2.16. The fourth-order valence-corrected chi connectivity index (χ4v) is 2.39. The van der Waals surface area contributed by atoms with E-state index in [9.17, 15) is 0 Å². The van der Waals surface area contributed by atoms with E-state index >= 15 is 0 Å². The van der Waals surface area contributed by atoms with Crippen LogP contribution in [-0.2, 0) is 0 Å². The van der Waals surface area contributed by atoms with Crippen LogP contribution in [0.1, 0.15) is 51.0 Å². The molecule has 0 unspecified atom stereocenters. The summed E-state index contributed by atoms with van der Waals surface area (Å²) >= 11 is 0. The fourth-order valence-electron chi connectivity index (χ4n) is 2.39. The maximum atomic E-state index is 5.54. The van der Waals surface area contributed by atoms with Crippen LogP contribution in [0.4, 0.5) is 0 Å². The number of benzene rings is 1. The van der Waals surface area contributed by atoms with Crippen LogP contribution in [0, 0.1) is 5.92 Å². The van der Waals surface area contributed by atoms with E-state index in [1.165, 1.54) is 24.8 Å². The minimum Gasteiger partial charge on any atom is -0.330 e. The molecular weight excluding hydrogens is 194 g/mol. The van der Waals surface area contributed by atoms with Crippen molar-refractivity contribution in [3.8, 4) is 0 Å². The van der Waals surface area contributed by atoms with Crippen molar-refractivity contribution < 1.29 is 0 Å². The molecule has 1 aromatic carbocycles. The van der Waals surface area contributed by atoms with Crippen LogP contribution in [-0.4, -0.2) is 6.54 Å². The van der Waals surface area contributed by atoms with Crippen molar-refractivity contribution in [1.82, 2.24) is 0 Å². The average Bonchev–Trinajstić information content (AvgIpc) is 2.35. The van der Waals surface area contributed by atoms with Crippen molar-refractivity contribution in [2.24, 2.45) is 11.7 Å². The molecule has 1 nitrogen and oxygen atoms in total. The molecule has 0 fully saturated rings. The van der Waals surface area contributed by atoms with E-state index in [2.05, 4.69) is 44.2 Å². The van der Waals surface area contributed by atoms with Crippen LogP contribution >= 0.6 is 0 Å². The normalized spacial score (nSPS) is 14.7. The maximum Gasteiger partial charge on any atom is -0.00773 e. The van der Waals surface area contributed by atoms with E-state index in [0.717, 1.165) is 18.9 Å². The first-order valence-electron chi connectivity index (χ1n) is 6.54. The van der Waals surface area contributed by atoms with Gasteiger partial charge in [0.25, 0.3) is 0 Å². The molecule has 0 amide bonds. The van der Waals surface area contributed by atoms with E-state index in [-0.39, 0.29) is 0 Å². The Labute approximate surface area is 100 Å². The minimum atomic E-state index is 0.670. The van der Waals surface area contributed by atoms with Gasteiger partial charge in [-0.25, -0.2) is 0 Å². The van der Waals surface area contributed by atoms with Crippen LogP contribution in [0.2, 0.25) is 0 Å². The lowest BCUT2D eigenvalue weighted by molar-refractivity contribution is 0.387. The lowest BCUT2D eigenvalue weighted by atomic mass is 9.82. The highest BCUT2D eigenvalue weighted by atomic mass is 14.5. The SMILES string of the molecule is CC[C@@H](CCCCN)[C@H](C)c1ccccc1. The summed E-state index contributed by atoms with van der Waals surface area (Å²) in [7, 11) is 0. The molecule has 0 aromatic heterocycles. The van der Waals surface area contributed by atoms with Crippen LogP contribution in [0.15, 0.2) is 30.3 Å². The molecule has 0 saturated heterocycles. The molecule has 1 heteroatoms. The van der Waals surface area contributed by atoms with Gasteiger partial charge in [0.1, 0.15) is 0 Å². The van der Waals surface area contributed by atoms with Crippen molar-refractivity contribution in [3.63, 3.8) is 0 Å². The van der Waals surface area contributed by atoms with Crippen LogP contribution in [0.3, 0.4) is 0 Å². The van der Waals surface area contributed by atoms with Crippen molar-refractivity contribution in [2.75, 3.05) is 6.54 Å². The molecule has 1 rings (SSSR count). The molecule has 2 atom stereocenters. The van der Waals surface area contributed by atoms with Gasteiger partial charge >= 0.3 is 0 Å². The topological polar surface area (TPSA) is 26.0 Å². The Hall–Kier alpha value is -0.820. The molecule has 0 bridgehead atoms. The van der Waals surface area contributed by atoms with Crippen molar-refractivity contribution in [2.45, 2.75) is 45.4 Å². The molecule has 0 radical (unpaired) electrons. The second-order valence-electron chi connectivity index (χ2n) is 4.65. The Bertz CT molecular complexity index is 268. The minimum absolute atomic E-state index is 0.670. The zero-order chi connectivity index (χ0) is 11.8. The molecule has 0 saturated carbocycles. The van der Waals surface area contributed by atoms with Gasteiger partial charge in [0.05, 0.1) is 0 Å². The van der Waals surface area contributed by atoms with E-state index in [0.29, 0.717) is 5.92 Å². The molecule has 0 aliphatic carbocycles. The number of hydrogen-bond acceptors (Lipinski definition) is 1. The van der Waals surface area contributed by atoms with Gasteiger partial charge in [0.2, 0.25) is 0 Å². The van der Waals surface area contributed by atoms with Gasteiger partial charge in [0, 0.05) is 0 Å². The summed E-state index contributed by atoms with van der Waals surface area (Å²) in [5.74, 6) is 1.47. The quantitative estimate of drug-likeness (QED) is 0.690. The summed E-state index contributed by atoms with van der Waals surface area (Å²) in [6.45, 7) is 5.48. The average molecular weight is 219 g/mol. The molecular formula is C15H25N. The summed E-state index contributed by atoms with van der Waals surface area (Å²) in [6, 6.07) is 10.9. The molecule has 90 valence electrons. The summed E-state index contributed by atoms with van der Waals surface area (Å²) in [5, 5.41) is 0. The Balaban J connectivity index is 2.52. The zero-order valence-electron chi connectivity index (χ0n) is 10.7. The van der Waals surface area contributed by atoms with Gasteiger partial charge < -0.3 is 5.73 Å². The van der Waals surface area contributed by atoms with Crippen LogP contribution in [0.25, 0.3) is 0 Å².